The summed E-state index contributed by atoms with van der Waals surface area (Å²) in [6, 6.07) is 21.7. The van der Waals surface area contributed by atoms with Crippen molar-refractivity contribution in [3.05, 3.63) is 83.9 Å². The molecule has 1 unspecified atom stereocenters. The van der Waals surface area contributed by atoms with E-state index >= 15 is 0 Å². The van der Waals surface area contributed by atoms with E-state index in [0.717, 1.165) is 6.42 Å². The molecule has 2 aromatic rings. The Morgan fingerprint density at radius 3 is 2.09 bits per heavy atom. The zero-order valence-corrected chi connectivity index (χ0v) is 13.3. The molecule has 0 heteroatoms. The van der Waals surface area contributed by atoms with Gasteiger partial charge in [0, 0.05) is 0 Å². The first-order valence-electron chi connectivity index (χ1n) is 8.40. The van der Waals surface area contributed by atoms with Gasteiger partial charge in [-0.25, -0.2) is 0 Å². The third-order valence-corrected chi connectivity index (χ3v) is 4.53. The number of rotatable bonds is 5. The summed E-state index contributed by atoms with van der Waals surface area (Å²) in [6.45, 7) is 2.28. The van der Waals surface area contributed by atoms with Crippen molar-refractivity contribution >= 4 is 11.1 Å². The molecule has 22 heavy (non-hydrogen) atoms. The maximum atomic E-state index is 2.35. The van der Waals surface area contributed by atoms with Crippen LogP contribution in [-0.4, -0.2) is 0 Å². The summed E-state index contributed by atoms with van der Waals surface area (Å²) in [5.41, 5.74) is 5.73. The zero-order chi connectivity index (χ0) is 15.2. The van der Waals surface area contributed by atoms with Crippen molar-refractivity contribution in [1.82, 2.24) is 0 Å². The Balaban J connectivity index is 1.92. The summed E-state index contributed by atoms with van der Waals surface area (Å²) < 4.78 is 0. The van der Waals surface area contributed by atoms with Crippen molar-refractivity contribution in [2.75, 3.05) is 0 Å². The molecule has 0 heterocycles. The Kier molecular flexibility index (Phi) is 4.90. The molecule has 0 nitrogen and oxygen atoms in total. The van der Waals surface area contributed by atoms with Crippen LogP contribution in [0.2, 0.25) is 0 Å². The fourth-order valence-corrected chi connectivity index (χ4v) is 3.31. The molecule has 1 aliphatic rings. The highest BCUT2D eigenvalue weighted by molar-refractivity contribution is 5.79. The molecule has 0 bridgehead atoms. The SMILES string of the molecule is CCCCC1CC(c2ccccc2)=CC=C1c1ccccc1. The quantitative estimate of drug-likeness (QED) is 0.600. The van der Waals surface area contributed by atoms with Gasteiger partial charge >= 0.3 is 0 Å². The number of hydrogen-bond acceptors (Lipinski definition) is 0. The van der Waals surface area contributed by atoms with Crippen LogP contribution in [0.25, 0.3) is 11.1 Å². The lowest BCUT2D eigenvalue weighted by Gasteiger charge is -2.26. The lowest BCUT2D eigenvalue weighted by molar-refractivity contribution is 0.577. The van der Waals surface area contributed by atoms with Gasteiger partial charge in [0.25, 0.3) is 0 Å². The highest BCUT2D eigenvalue weighted by Gasteiger charge is 2.20. The van der Waals surface area contributed by atoms with E-state index in [-0.39, 0.29) is 0 Å². The van der Waals surface area contributed by atoms with E-state index in [9.17, 15) is 0 Å². The highest BCUT2D eigenvalue weighted by Crippen LogP contribution is 2.38. The molecule has 2 aromatic carbocycles. The number of benzene rings is 2. The van der Waals surface area contributed by atoms with Gasteiger partial charge in [0.15, 0.2) is 0 Å². The summed E-state index contributed by atoms with van der Waals surface area (Å²) in [6.07, 6.45) is 9.67. The molecule has 0 fully saturated rings. The van der Waals surface area contributed by atoms with Crippen molar-refractivity contribution in [3.63, 3.8) is 0 Å². The van der Waals surface area contributed by atoms with Gasteiger partial charge in [-0.05, 0) is 41.0 Å². The predicted octanol–water partition coefficient (Wildman–Crippen LogP) is 6.36. The van der Waals surface area contributed by atoms with Crippen LogP contribution >= 0.6 is 0 Å². The van der Waals surface area contributed by atoms with Crippen LogP contribution in [0, 0.1) is 5.92 Å². The Bertz CT molecular complexity index is 647. The topological polar surface area (TPSA) is 0 Å². The fourth-order valence-electron chi connectivity index (χ4n) is 3.31. The van der Waals surface area contributed by atoms with E-state index in [0.29, 0.717) is 5.92 Å². The summed E-state index contributed by atoms with van der Waals surface area (Å²) in [5, 5.41) is 0. The van der Waals surface area contributed by atoms with E-state index in [1.165, 1.54) is 41.5 Å². The summed E-state index contributed by atoms with van der Waals surface area (Å²) in [5.74, 6) is 0.641. The molecular weight excluding hydrogens is 264 g/mol. The Labute approximate surface area is 134 Å². The molecule has 3 rings (SSSR count). The lowest BCUT2D eigenvalue weighted by Crippen LogP contribution is -2.08. The van der Waals surface area contributed by atoms with Crippen LogP contribution in [-0.2, 0) is 0 Å². The molecule has 0 saturated heterocycles. The standard InChI is InChI=1S/C22H24/c1-2-3-10-21-17-20(18-11-6-4-7-12-18)15-16-22(21)19-13-8-5-9-14-19/h4-9,11-16,21H,2-3,10,17H2,1H3. The van der Waals surface area contributed by atoms with Gasteiger partial charge in [-0.3, -0.25) is 0 Å². The van der Waals surface area contributed by atoms with Gasteiger partial charge < -0.3 is 0 Å². The fraction of sp³-hybridized carbons (Fsp3) is 0.273. The minimum atomic E-state index is 0.641. The maximum absolute atomic E-state index is 2.35. The van der Waals surface area contributed by atoms with Gasteiger partial charge in [0.1, 0.15) is 0 Å². The highest BCUT2D eigenvalue weighted by atomic mass is 14.2. The van der Waals surface area contributed by atoms with E-state index in [1.807, 2.05) is 0 Å². The smallest absolute Gasteiger partial charge is 0.0115 e. The average molecular weight is 288 g/mol. The van der Waals surface area contributed by atoms with E-state index < -0.39 is 0 Å². The monoisotopic (exact) mass is 288 g/mol. The van der Waals surface area contributed by atoms with E-state index in [2.05, 4.69) is 79.7 Å². The molecule has 0 aliphatic heterocycles. The van der Waals surface area contributed by atoms with Crippen LogP contribution in [0.5, 0.6) is 0 Å². The largest absolute Gasteiger partial charge is 0.0654 e. The molecule has 1 atom stereocenters. The van der Waals surface area contributed by atoms with Crippen molar-refractivity contribution in [2.24, 2.45) is 5.92 Å². The third kappa shape index (κ3) is 3.39. The van der Waals surface area contributed by atoms with Crippen LogP contribution in [0.15, 0.2) is 72.8 Å². The van der Waals surface area contributed by atoms with Crippen LogP contribution in [0.4, 0.5) is 0 Å². The molecule has 0 amide bonds. The molecule has 0 spiro atoms. The van der Waals surface area contributed by atoms with Crippen molar-refractivity contribution in [1.29, 1.82) is 0 Å². The summed E-state index contributed by atoms with van der Waals surface area (Å²) in [7, 11) is 0. The Hall–Kier alpha value is -2.08. The zero-order valence-electron chi connectivity index (χ0n) is 13.3. The van der Waals surface area contributed by atoms with Crippen molar-refractivity contribution < 1.29 is 0 Å². The summed E-state index contributed by atoms with van der Waals surface area (Å²) >= 11 is 0. The van der Waals surface area contributed by atoms with Crippen molar-refractivity contribution in [2.45, 2.75) is 32.6 Å². The van der Waals surface area contributed by atoms with Crippen LogP contribution in [0.3, 0.4) is 0 Å². The number of unbranched alkanes of at least 4 members (excludes halogenated alkanes) is 1. The average Bonchev–Trinajstić information content (AvgIpc) is 2.61. The van der Waals surface area contributed by atoms with E-state index in [4.69, 9.17) is 0 Å². The predicted molar refractivity (Wildman–Crippen MR) is 96.5 cm³/mol. The molecular formula is C22H24. The normalized spacial score (nSPS) is 17.8. The number of allylic oxidation sites excluding steroid dienone is 4. The second-order valence-corrected chi connectivity index (χ2v) is 6.09. The molecule has 0 radical (unpaired) electrons. The van der Waals surface area contributed by atoms with Gasteiger partial charge in [0.2, 0.25) is 0 Å². The van der Waals surface area contributed by atoms with Gasteiger partial charge in [0.05, 0.1) is 0 Å². The summed E-state index contributed by atoms with van der Waals surface area (Å²) in [4.78, 5) is 0. The molecule has 0 saturated carbocycles. The number of hydrogen-bond donors (Lipinski definition) is 0. The molecule has 1 aliphatic carbocycles. The first-order chi connectivity index (χ1) is 10.9. The van der Waals surface area contributed by atoms with Gasteiger partial charge in [-0.1, -0.05) is 92.6 Å². The van der Waals surface area contributed by atoms with Crippen LogP contribution in [0.1, 0.15) is 43.7 Å². The maximum Gasteiger partial charge on any atom is -0.0115 e. The first-order valence-corrected chi connectivity index (χ1v) is 8.40. The van der Waals surface area contributed by atoms with Gasteiger partial charge in [-0.2, -0.15) is 0 Å². The second kappa shape index (κ2) is 7.26. The van der Waals surface area contributed by atoms with Crippen LogP contribution < -0.4 is 0 Å². The Morgan fingerprint density at radius 1 is 0.818 bits per heavy atom. The Morgan fingerprint density at radius 2 is 1.45 bits per heavy atom. The minimum Gasteiger partial charge on any atom is -0.0654 e. The van der Waals surface area contributed by atoms with Crippen molar-refractivity contribution in [3.8, 4) is 0 Å². The molecule has 0 aromatic heterocycles. The van der Waals surface area contributed by atoms with E-state index in [1.54, 1.807) is 0 Å². The second-order valence-electron chi connectivity index (χ2n) is 6.09. The molecule has 112 valence electrons. The van der Waals surface area contributed by atoms with Gasteiger partial charge in [-0.15, -0.1) is 0 Å². The molecule has 0 N–H and O–H groups in total. The lowest BCUT2D eigenvalue weighted by atomic mass is 9.79. The minimum absolute atomic E-state index is 0.641. The first kappa shape index (κ1) is 14.8. The third-order valence-electron chi connectivity index (χ3n) is 4.53.